The number of carbonyl (C=O) groups is 1. The summed E-state index contributed by atoms with van der Waals surface area (Å²) in [5.41, 5.74) is 4.24. The summed E-state index contributed by atoms with van der Waals surface area (Å²) < 4.78 is 0. The molecule has 156 valence electrons. The van der Waals surface area contributed by atoms with E-state index in [1.54, 1.807) is 24.4 Å². The minimum atomic E-state index is -0.212. The van der Waals surface area contributed by atoms with Gasteiger partial charge in [0.15, 0.2) is 0 Å². The second-order valence-electron chi connectivity index (χ2n) is 7.70. The molecule has 1 aliphatic carbocycles. The van der Waals surface area contributed by atoms with E-state index >= 15 is 0 Å². The van der Waals surface area contributed by atoms with Crippen molar-refractivity contribution in [1.82, 2.24) is 10.3 Å². The third-order valence-corrected chi connectivity index (χ3v) is 5.74. The molecule has 31 heavy (non-hydrogen) atoms. The summed E-state index contributed by atoms with van der Waals surface area (Å²) in [5.74, 6) is 0.347. The quantitative estimate of drug-likeness (QED) is 0.575. The molecule has 0 saturated carbocycles. The second kappa shape index (κ2) is 9.41. The Morgan fingerprint density at radius 3 is 2.87 bits per heavy atom. The number of aryl methyl sites for hydroxylation is 1. The van der Waals surface area contributed by atoms with Gasteiger partial charge in [-0.1, -0.05) is 36.4 Å². The fourth-order valence-corrected chi connectivity index (χ4v) is 4.09. The number of aliphatic hydroxyl groups excluding tert-OH is 1. The van der Waals surface area contributed by atoms with Gasteiger partial charge in [-0.05, 0) is 53.8 Å². The largest absolute Gasteiger partial charge is 0.396 e. The molecule has 0 bridgehead atoms. The molecular formula is C25H24N4O2. The minimum absolute atomic E-state index is 0.00254. The third kappa shape index (κ3) is 4.57. The molecule has 0 unspecified atom stereocenters. The van der Waals surface area contributed by atoms with E-state index in [1.165, 1.54) is 5.56 Å². The van der Waals surface area contributed by atoms with Crippen LogP contribution in [0.3, 0.4) is 0 Å². The van der Waals surface area contributed by atoms with Crippen molar-refractivity contribution in [3.05, 3.63) is 94.7 Å². The molecule has 0 spiro atoms. The predicted octanol–water partition coefficient (Wildman–Crippen LogP) is 3.59. The summed E-state index contributed by atoms with van der Waals surface area (Å²) in [6.07, 6.45) is 3.38. The predicted molar refractivity (Wildman–Crippen MR) is 118 cm³/mol. The lowest BCUT2D eigenvalue weighted by Crippen LogP contribution is -2.37. The number of aliphatic hydroxyl groups is 1. The van der Waals surface area contributed by atoms with Crippen molar-refractivity contribution in [3.8, 4) is 6.07 Å². The maximum absolute atomic E-state index is 13.0. The van der Waals surface area contributed by atoms with Gasteiger partial charge in [0, 0.05) is 30.8 Å². The monoisotopic (exact) mass is 412 g/mol. The number of benzene rings is 2. The highest BCUT2D eigenvalue weighted by atomic mass is 16.3. The first-order chi connectivity index (χ1) is 15.2. The van der Waals surface area contributed by atoms with Crippen molar-refractivity contribution in [2.45, 2.75) is 25.4 Å². The van der Waals surface area contributed by atoms with Crippen LogP contribution in [0.25, 0.3) is 0 Å². The first kappa shape index (κ1) is 20.6. The van der Waals surface area contributed by atoms with Gasteiger partial charge >= 0.3 is 0 Å². The van der Waals surface area contributed by atoms with Crippen molar-refractivity contribution in [1.29, 1.82) is 5.26 Å². The van der Waals surface area contributed by atoms with E-state index in [0.717, 1.165) is 24.0 Å². The lowest BCUT2D eigenvalue weighted by molar-refractivity contribution is 0.0893. The van der Waals surface area contributed by atoms with E-state index in [-0.39, 0.29) is 24.5 Å². The van der Waals surface area contributed by atoms with Crippen molar-refractivity contribution in [2.24, 2.45) is 5.92 Å². The van der Waals surface area contributed by atoms with Gasteiger partial charge in [-0.25, -0.2) is 4.98 Å². The van der Waals surface area contributed by atoms with Crippen LogP contribution < -0.4 is 10.6 Å². The SMILES string of the molecule is N#Cc1cccnc1NCc1cccc(C(=O)N[C@H]2c3ccccc3CC[C@@H]2CO)c1. The molecule has 0 saturated heterocycles. The maximum Gasteiger partial charge on any atom is 0.251 e. The van der Waals surface area contributed by atoms with Crippen molar-refractivity contribution >= 4 is 11.7 Å². The summed E-state index contributed by atoms with van der Waals surface area (Å²) in [4.78, 5) is 17.2. The lowest BCUT2D eigenvalue weighted by Gasteiger charge is -2.33. The van der Waals surface area contributed by atoms with Crippen molar-refractivity contribution in [3.63, 3.8) is 0 Å². The Balaban J connectivity index is 1.49. The van der Waals surface area contributed by atoms with Gasteiger partial charge in [0.05, 0.1) is 11.6 Å². The Morgan fingerprint density at radius 1 is 1.16 bits per heavy atom. The molecule has 2 aromatic carbocycles. The number of fused-ring (bicyclic) bond motifs is 1. The number of pyridine rings is 1. The van der Waals surface area contributed by atoms with Crippen molar-refractivity contribution in [2.75, 3.05) is 11.9 Å². The number of aromatic nitrogens is 1. The van der Waals surface area contributed by atoms with Crippen LogP contribution in [0.5, 0.6) is 0 Å². The van der Waals surface area contributed by atoms with Crippen LogP contribution in [-0.2, 0) is 13.0 Å². The van der Waals surface area contributed by atoms with E-state index in [1.807, 2.05) is 36.4 Å². The summed E-state index contributed by atoms with van der Waals surface area (Å²) in [7, 11) is 0. The van der Waals surface area contributed by atoms with Gasteiger partial charge < -0.3 is 15.7 Å². The number of rotatable bonds is 6. The summed E-state index contributed by atoms with van der Waals surface area (Å²) in [6, 6.07) is 20.8. The number of anilines is 1. The van der Waals surface area contributed by atoms with E-state index in [2.05, 4.69) is 27.8 Å². The fourth-order valence-electron chi connectivity index (χ4n) is 4.09. The Bertz CT molecular complexity index is 1120. The van der Waals surface area contributed by atoms with Gasteiger partial charge in [0.2, 0.25) is 0 Å². The van der Waals surface area contributed by atoms with Gasteiger partial charge in [0.25, 0.3) is 5.91 Å². The molecule has 1 aliphatic rings. The van der Waals surface area contributed by atoms with Crippen LogP contribution in [0.2, 0.25) is 0 Å². The summed E-state index contributed by atoms with van der Waals surface area (Å²) in [5, 5.41) is 25.3. The molecule has 4 rings (SSSR count). The highest BCUT2D eigenvalue weighted by Gasteiger charge is 2.30. The number of hydrogen-bond donors (Lipinski definition) is 3. The van der Waals surface area contributed by atoms with Gasteiger partial charge in [-0.2, -0.15) is 5.26 Å². The number of hydrogen-bond acceptors (Lipinski definition) is 5. The average Bonchev–Trinajstić information content (AvgIpc) is 2.83. The van der Waals surface area contributed by atoms with Crippen LogP contribution in [0.4, 0.5) is 5.82 Å². The standard InChI is InChI=1S/C25H24N4O2/c26-14-20-8-4-12-27-24(20)28-15-17-5-3-7-19(13-17)25(31)29-23-21(16-30)11-10-18-6-1-2-9-22(18)23/h1-9,12-13,21,23,30H,10-11,15-16H2,(H,27,28)(H,29,31)/t21-,23-/m1/s1. The van der Waals surface area contributed by atoms with E-state index in [4.69, 9.17) is 0 Å². The minimum Gasteiger partial charge on any atom is -0.396 e. The molecule has 3 N–H and O–H groups in total. The average molecular weight is 412 g/mol. The van der Waals surface area contributed by atoms with Crippen LogP contribution in [-0.4, -0.2) is 22.6 Å². The molecule has 2 atom stereocenters. The molecule has 6 nitrogen and oxygen atoms in total. The molecule has 0 aliphatic heterocycles. The molecule has 1 amide bonds. The molecule has 1 heterocycles. The number of carbonyl (C=O) groups excluding carboxylic acids is 1. The molecular weight excluding hydrogens is 388 g/mol. The highest BCUT2D eigenvalue weighted by Crippen LogP contribution is 2.34. The number of amides is 1. The Morgan fingerprint density at radius 2 is 2.03 bits per heavy atom. The lowest BCUT2D eigenvalue weighted by atomic mass is 9.80. The summed E-state index contributed by atoms with van der Waals surface area (Å²) in [6.45, 7) is 0.479. The number of nitrogens with one attached hydrogen (secondary N) is 2. The van der Waals surface area contributed by atoms with Gasteiger partial charge in [-0.15, -0.1) is 0 Å². The van der Waals surface area contributed by atoms with E-state index < -0.39 is 0 Å². The van der Waals surface area contributed by atoms with Gasteiger partial charge in [0.1, 0.15) is 11.9 Å². The van der Waals surface area contributed by atoms with Crippen LogP contribution >= 0.6 is 0 Å². The summed E-state index contributed by atoms with van der Waals surface area (Å²) >= 11 is 0. The van der Waals surface area contributed by atoms with Crippen LogP contribution in [0.1, 0.15) is 45.1 Å². The van der Waals surface area contributed by atoms with E-state index in [9.17, 15) is 15.2 Å². The van der Waals surface area contributed by atoms with Gasteiger partial charge in [-0.3, -0.25) is 4.79 Å². The zero-order chi connectivity index (χ0) is 21.6. The number of nitriles is 1. The first-order valence-electron chi connectivity index (χ1n) is 10.4. The van der Waals surface area contributed by atoms with E-state index in [0.29, 0.717) is 23.5 Å². The topological polar surface area (TPSA) is 98.0 Å². The second-order valence-corrected chi connectivity index (χ2v) is 7.70. The number of nitrogens with zero attached hydrogens (tertiary/aromatic N) is 2. The Labute approximate surface area is 181 Å². The Hall–Kier alpha value is -3.69. The van der Waals surface area contributed by atoms with Crippen LogP contribution in [0.15, 0.2) is 66.9 Å². The molecule has 0 radical (unpaired) electrons. The molecule has 6 heteroatoms. The zero-order valence-electron chi connectivity index (χ0n) is 17.1. The molecule has 3 aromatic rings. The normalized spacial score (nSPS) is 17.3. The Kier molecular flexibility index (Phi) is 6.25. The zero-order valence-corrected chi connectivity index (χ0v) is 17.1. The maximum atomic E-state index is 13.0. The van der Waals surface area contributed by atoms with Crippen LogP contribution in [0, 0.1) is 17.2 Å². The molecule has 1 aromatic heterocycles. The highest BCUT2D eigenvalue weighted by molar-refractivity contribution is 5.94. The van der Waals surface area contributed by atoms with Crippen molar-refractivity contribution < 1.29 is 9.90 Å². The fraction of sp³-hybridized carbons (Fsp3) is 0.240. The first-order valence-corrected chi connectivity index (χ1v) is 10.4. The molecule has 0 fully saturated rings. The third-order valence-electron chi connectivity index (χ3n) is 5.74. The smallest absolute Gasteiger partial charge is 0.251 e.